The van der Waals surface area contributed by atoms with Crippen molar-refractivity contribution in [2.45, 2.75) is 31.8 Å². The summed E-state index contributed by atoms with van der Waals surface area (Å²) in [6.45, 7) is 6.29. The van der Waals surface area contributed by atoms with Crippen molar-refractivity contribution < 1.29 is 13.4 Å². The lowest BCUT2D eigenvalue weighted by atomic mass is 10.2. The number of aromatic nitrogens is 1. The van der Waals surface area contributed by atoms with E-state index in [4.69, 9.17) is 4.42 Å². The maximum Gasteiger partial charge on any atom is 0.235 e. The number of hydrogen-bond acceptors (Lipinski definition) is 4. The van der Waals surface area contributed by atoms with Gasteiger partial charge in [-0.3, -0.25) is 9.00 Å². The van der Waals surface area contributed by atoms with E-state index in [0.29, 0.717) is 24.0 Å². The Morgan fingerprint density at radius 2 is 1.96 bits per heavy atom. The number of hydrogen-bond donors (Lipinski definition) is 1. The summed E-state index contributed by atoms with van der Waals surface area (Å²) in [4.78, 5) is 16.3. The van der Waals surface area contributed by atoms with E-state index in [1.54, 1.807) is 6.92 Å². The third-order valence-electron chi connectivity index (χ3n) is 3.31. The van der Waals surface area contributed by atoms with Gasteiger partial charge in [0.05, 0.1) is 11.4 Å². The topological polar surface area (TPSA) is 72.2 Å². The fraction of sp³-hybridized carbons (Fsp3) is 0.412. The Balaban J connectivity index is 1.95. The molecule has 0 radical (unpaired) electrons. The van der Waals surface area contributed by atoms with Crippen LogP contribution in [0.2, 0.25) is 0 Å². The lowest BCUT2D eigenvalue weighted by Gasteiger charge is -2.12. The number of rotatable bonds is 7. The van der Waals surface area contributed by atoms with E-state index in [0.717, 1.165) is 5.56 Å². The molecule has 5 nitrogen and oxygen atoms in total. The molecule has 0 aliphatic carbocycles. The van der Waals surface area contributed by atoms with Crippen LogP contribution in [0.15, 0.2) is 41.0 Å². The van der Waals surface area contributed by atoms with Crippen molar-refractivity contribution in [3.63, 3.8) is 0 Å². The minimum atomic E-state index is -1.34. The number of benzene rings is 1. The van der Waals surface area contributed by atoms with E-state index in [1.165, 1.54) is 6.26 Å². The number of amides is 1. The fourth-order valence-corrected chi connectivity index (χ4v) is 2.92. The van der Waals surface area contributed by atoms with Gasteiger partial charge >= 0.3 is 0 Å². The standard InChI is InChI=1S/C17H22N2O3S/c1-12(2)9-18-16(20)13(3)23(21)11-15-10-22-17(19-15)14-7-5-4-6-8-14/h4-8,10,12-13H,9,11H2,1-3H3,(H,18,20)/t13-,23-/m0/s1. The Hall–Kier alpha value is -1.95. The summed E-state index contributed by atoms with van der Waals surface area (Å²) in [5.74, 6) is 0.869. The molecule has 1 heterocycles. The van der Waals surface area contributed by atoms with Crippen LogP contribution < -0.4 is 5.32 Å². The third kappa shape index (κ3) is 5.03. The van der Waals surface area contributed by atoms with E-state index in [9.17, 15) is 9.00 Å². The Labute approximate surface area is 139 Å². The van der Waals surface area contributed by atoms with Gasteiger partial charge in [-0.1, -0.05) is 32.0 Å². The van der Waals surface area contributed by atoms with Crippen molar-refractivity contribution in [3.8, 4) is 11.5 Å². The fourth-order valence-electron chi connectivity index (χ4n) is 1.93. The normalized spacial score (nSPS) is 13.7. The van der Waals surface area contributed by atoms with Crippen LogP contribution in [0.5, 0.6) is 0 Å². The molecule has 2 rings (SSSR count). The molecule has 23 heavy (non-hydrogen) atoms. The molecule has 124 valence electrons. The first-order valence-electron chi connectivity index (χ1n) is 7.62. The van der Waals surface area contributed by atoms with Crippen LogP contribution in [-0.2, 0) is 21.3 Å². The molecule has 2 atom stereocenters. The second kappa shape index (κ2) is 8.06. The van der Waals surface area contributed by atoms with Crippen LogP contribution in [0.4, 0.5) is 0 Å². The first-order chi connectivity index (χ1) is 11.0. The van der Waals surface area contributed by atoms with Crippen molar-refractivity contribution in [1.29, 1.82) is 0 Å². The molecular weight excluding hydrogens is 312 g/mol. The molecule has 0 bridgehead atoms. The monoisotopic (exact) mass is 334 g/mol. The summed E-state index contributed by atoms with van der Waals surface area (Å²) < 4.78 is 17.7. The summed E-state index contributed by atoms with van der Waals surface area (Å²) in [6, 6.07) is 9.51. The Morgan fingerprint density at radius 3 is 2.61 bits per heavy atom. The lowest BCUT2D eigenvalue weighted by Crippen LogP contribution is -2.37. The van der Waals surface area contributed by atoms with Crippen LogP contribution in [0, 0.1) is 5.92 Å². The number of carbonyl (C=O) groups is 1. The molecule has 0 saturated heterocycles. The zero-order chi connectivity index (χ0) is 16.8. The minimum Gasteiger partial charge on any atom is -0.444 e. The zero-order valence-electron chi connectivity index (χ0n) is 13.6. The lowest BCUT2D eigenvalue weighted by molar-refractivity contribution is -0.120. The predicted molar refractivity (Wildman–Crippen MR) is 91.1 cm³/mol. The highest BCUT2D eigenvalue weighted by Crippen LogP contribution is 2.19. The van der Waals surface area contributed by atoms with E-state index in [-0.39, 0.29) is 11.7 Å². The van der Waals surface area contributed by atoms with Crippen molar-refractivity contribution in [2.75, 3.05) is 6.54 Å². The average Bonchev–Trinajstić information content (AvgIpc) is 3.01. The quantitative estimate of drug-likeness (QED) is 0.845. The van der Waals surface area contributed by atoms with Gasteiger partial charge in [-0.25, -0.2) is 4.98 Å². The zero-order valence-corrected chi connectivity index (χ0v) is 14.4. The van der Waals surface area contributed by atoms with E-state index in [1.807, 2.05) is 44.2 Å². The van der Waals surface area contributed by atoms with Gasteiger partial charge in [-0.05, 0) is 25.0 Å². The highest BCUT2D eigenvalue weighted by molar-refractivity contribution is 7.85. The highest BCUT2D eigenvalue weighted by Gasteiger charge is 2.21. The number of nitrogens with one attached hydrogen (secondary N) is 1. The van der Waals surface area contributed by atoms with Gasteiger partial charge in [0.15, 0.2) is 0 Å². The summed E-state index contributed by atoms with van der Waals surface area (Å²) in [5, 5.41) is 2.23. The molecule has 1 amide bonds. The molecule has 0 saturated carbocycles. The number of nitrogens with zero attached hydrogens (tertiary/aromatic N) is 1. The molecule has 0 aliphatic rings. The van der Waals surface area contributed by atoms with Crippen molar-refractivity contribution >= 4 is 16.7 Å². The van der Waals surface area contributed by atoms with Gasteiger partial charge < -0.3 is 9.73 Å². The maximum absolute atomic E-state index is 12.3. The largest absolute Gasteiger partial charge is 0.444 e. The molecule has 0 aliphatic heterocycles. The minimum absolute atomic E-state index is 0.191. The second-order valence-corrected chi connectivity index (χ2v) is 7.57. The van der Waals surface area contributed by atoms with Crippen molar-refractivity contribution in [2.24, 2.45) is 5.92 Å². The summed E-state index contributed by atoms with van der Waals surface area (Å²) in [6.07, 6.45) is 1.50. The molecule has 0 unspecified atom stereocenters. The molecule has 0 fully saturated rings. The van der Waals surface area contributed by atoms with Crippen LogP contribution in [0.1, 0.15) is 26.5 Å². The van der Waals surface area contributed by atoms with Crippen LogP contribution in [-0.4, -0.2) is 26.9 Å². The van der Waals surface area contributed by atoms with Gasteiger partial charge in [-0.15, -0.1) is 0 Å². The summed E-state index contributed by atoms with van der Waals surface area (Å²) in [5.41, 5.74) is 1.46. The van der Waals surface area contributed by atoms with Crippen LogP contribution in [0.3, 0.4) is 0 Å². The number of carbonyl (C=O) groups excluding carboxylic acids is 1. The van der Waals surface area contributed by atoms with Gasteiger partial charge in [0.1, 0.15) is 11.5 Å². The molecule has 1 N–H and O–H groups in total. The van der Waals surface area contributed by atoms with Gasteiger partial charge in [0.2, 0.25) is 11.8 Å². The smallest absolute Gasteiger partial charge is 0.235 e. The Kier molecular flexibility index (Phi) is 6.10. The van der Waals surface area contributed by atoms with Crippen molar-refractivity contribution in [1.82, 2.24) is 10.3 Å². The molecule has 6 heteroatoms. The Bertz CT molecular complexity index is 667. The van der Waals surface area contributed by atoms with Crippen LogP contribution in [0.25, 0.3) is 11.5 Å². The molecule has 0 spiro atoms. The first kappa shape index (κ1) is 17.4. The molecular formula is C17H22N2O3S. The maximum atomic E-state index is 12.3. The van der Waals surface area contributed by atoms with Crippen molar-refractivity contribution in [3.05, 3.63) is 42.3 Å². The second-order valence-electron chi connectivity index (χ2n) is 5.82. The molecule has 2 aromatic rings. The van der Waals surface area contributed by atoms with Gasteiger partial charge in [0.25, 0.3) is 0 Å². The summed E-state index contributed by atoms with van der Waals surface area (Å²) >= 11 is 0. The van der Waals surface area contributed by atoms with Gasteiger partial charge in [0, 0.05) is 22.9 Å². The van der Waals surface area contributed by atoms with E-state index >= 15 is 0 Å². The third-order valence-corrected chi connectivity index (χ3v) is 4.89. The summed E-state index contributed by atoms with van der Waals surface area (Å²) in [7, 11) is -1.34. The Morgan fingerprint density at radius 1 is 1.26 bits per heavy atom. The number of oxazole rings is 1. The molecule has 1 aromatic heterocycles. The average molecular weight is 334 g/mol. The highest BCUT2D eigenvalue weighted by atomic mass is 32.2. The van der Waals surface area contributed by atoms with E-state index < -0.39 is 16.0 Å². The van der Waals surface area contributed by atoms with Crippen LogP contribution >= 0.6 is 0 Å². The van der Waals surface area contributed by atoms with E-state index in [2.05, 4.69) is 10.3 Å². The predicted octanol–water partition coefficient (Wildman–Crippen LogP) is 2.75. The van der Waals surface area contributed by atoms with Gasteiger partial charge in [-0.2, -0.15) is 0 Å². The first-order valence-corrected chi connectivity index (χ1v) is 9.00. The molecule has 1 aromatic carbocycles. The SMILES string of the molecule is CC(C)CNC(=O)[C@H](C)[S@@](=O)Cc1coc(-c2ccccc2)n1.